The van der Waals surface area contributed by atoms with Crippen molar-refractivity contribution in [1.82, 2.24) is 9.55 Å². The van der Waals surface area contributed by atoms with Gasteiger partial charge in [-0.05, 0) is 38.8 Å². The van der Waals surface area contributed by atoms with E-state index in [2.05, 4.69) is 9.88 Å². The van der Waals surface area contributed by atoms with Crippen LogP contribution in [0.1, 0.15) is 24.4 Å². The smallest absolute Gasteiger partial charge is 0.258 e. The Bertz CT molecular complexity index is 841. The quantitative estimate of drug-likeness (QED) is 0.849. The number of morpholine rings is 1. The Hall–Kier alpha value is -2.21. The number of aromatic nitrogens is 2. The lowest BCUT2D eigenvalue weighted by atomic mass is 9.96. The third kappa shape index (κ3) is 2.51. The van der Waals surface area contributed by atoms with Gasteiger partial charge in [0.1, 0.15) is 11.6 Å². The van der Waals surface area contributed by atoms with Crippen LogP contribution in [0, 0.1) is 19.7 Å². The fourth-order valence-corrected chi connectivity index (χ4v) is 3.77. The van der Waals surface area contributed by atoms with Crippen molar-refractivity contribution >= 4 is 5.69 Å². The standard InChI is InChI=1S/C18H20FN3O2/c1-11-7-18(23)22(12(2)20-11)13-4-6-17(16(19)8-13)21-9-15-5-3-14(21)10-24-15/h4,6-8,14-15H,3,5,9-10H2,1-2H3. The minimum absolute atomic E-state index is 0.195. The van der Waals surface area contributed by atoms with Crippen LogP contribution in [0.3, 0.4) is 0 Å². The van der Waals surface area contributed by atoms with E-state index in [1.54, 1.807) is 26.0 Å². The van der Waals surface area contributed by atoms with E-state index in [-0.39, 0.29) is 23.5 Å². The first-order chi connectivity index (χ1) is 11.5. The lowest BCUT2D eigenvalue weighted by Gasteiger charge is -2.46. The first-order valence-corrected chi connectivity index (χ1v) is 8.28. The first-order valence-electron chi connectivity index (χ1n) is 8.28. The first kappa shape index (κ1) is 15.3. The Morgan fingerprint density at radius 2 is 2.08 bits per heavy atom. The molecular weight excluding hydrogens is 309 g/mol. The van der Waals surface area contributed by atoms with E-state index in [4.69, 9.17) is 4.74 Å². The predicted octanol–water partition coefficient (Wildman–Crippen LogP) is 2.36. The van der Waals surface area contributed by atoms with Gasteiger partial charge in [0, 0.05) is 24.4 Å². The van der Waals surface area contributed by atoms with Crippen LogP contribution < -0.4 is 10.5 Å². The Morgan fingerprint density at radius 1 is 1.25 bits per heavy atom. The molecular formula is C18H20FN3O2. The number of hydrogen-bond donors (Lipinski definition) is 0. The second-order valence-electron chi connectivity index (χ2n) is 6.59. The summed E-state index contributed by atoms with van der Waals surface area (Å²) in [4.78, 5) is 18.6. The summed E-state index contributed by atoms with van der Waals surface area (Å²) in [6.07, 6.45) is 2.27. The summed E-state index contributed by atoms with van der Waals surface area (Å²) in [6, 6.07) is 6.66. The largest absolute Gasteiger partial charge is 0.374 e. The van der Waals surface area contributed by atoms with Gasteiger partial charge in [-0.3, -0.25) is 9.36 Å². The molecule has 5 nitrogen and oxygen atoms in total. The zero-order valence-electron chi connectivity index (χ0n) is 13.8. The zero-order valence-corrected chi connectivity index (χ0v) is 13.8. The molecule has 1 aromatic carbocycles. The van der Waals surface area contributed by atoms with Crippen molar-refractivity contribution < 1.29 is 9.13 Å². The van der Waals surface area contributed by atoms with Crippen LogP contribution in [-0.2, 0) is 4.74 Å². The molecule has 24 heavy (non-hydrogen) atoms. The van der Waals surface area contributed by atoms with Gasteiger partial charge in [0.05, 0.1) is 30.1 Å². The monoisotopic (exact) mass is 329 g/mol. The van der Waals surface area contributed by atoms with Gasteiger partial charge < -0.3 is 9.64 Å². The SMILES string of the molecule is Cc1cc(=O)n(-c2ccc(N3CC4CCC3CO4)c(F)c2)c(C)n1. The lowest BCUT2D eigenvalue weighted by molar-refractivity contribution is -0.0227. The van der Waals surface area contributed by atoms with Crippen molar-refractivity contribution in [2.45, 2.75) is 38.8 Å². The maximum absolute atomic E-state index is 14.8. The second kappa shape index (κ2) is 5.70. The summed E-state index contributed by atoms with van der Waals surface area (Å²) in [5.41, 5.74) is 1.56. The summed E-state index contributed by atoms with van der Waals surface area (Å²) in [7, 11) is 0. The zero-order chi connectivity index (χ0) is 16.8. The molecule has 0 aliphatic carbocycles. The molecule has 0 spiro atoms. The van der Waals surface area contributed by atoms with E-state index < -0.39 is 0 Å². The van der Waals surface area contributed by atoms with Gasteiger partial charge in [-0.25, -0.2) is 9.37 Å². The highest BCUT2D eigenvalue weighted by atomic mass is 19.1. The second-order valence-corrected chi connectivity index (χ2v) is 6.59. The molecule has 0 amide bonds. The van der Waals surface area contributed by atoms with Crippen LogP contribution in [0.4, 0.5) is 10.1 Å². The summed E-state index contributed by atoms with van der Waals surface area (Å²) in [5, 5.41) is 0. The van der Waals surface area contributed by atoms with Crippen LogP contribution in [0.25, 0.3) is 5.69 Å². The van der Waals surface area contributed by atoms with E-state index in [0.717, 1.165) is 19.4 Å². The molecule has 4 heterocycles. The van der Waals surface area contributed by atoms with Crippen molar-refractivity contribution in [2.75, 3.05) is 18.1 Å². The number of rotatable bonds is 2. The molecule has 1 aromatic heterocycles. The number of hydrogen-bond acceptors (Lipinski definition) is 4. The third-order valence-electron chi connectivity index (χ3n) is 4.90. The number of fused-ring (bicyclic) bond motifs is 3. The molecule has 2 aromatic rings. The highest BCUT2D eigenvalue weighted by molar-refractivity contribution is 5.54. The van der Waals surface area contributed by atoms with Gasteiger partial charge in [-0.2, -0.15) is 0 Å². The number of anilines is 1. The highest BCUT2D eigenvalue weighted by Crippen LogP contribution is 2.33. The Kier molecular flexibility index (Phi) is 3.64. The van der Waals surface area contributed by atoms with Gasteiger partial charge in [0.2, 0.25) is 0 Å². The Balaban J connectivity index is 1.72. The average Bonchev–Trinajstić information content (AvgIpc) is 2.55. The van der Waals surface area contributed by atoms with Gasteiger partial charge in [-0.1, -0.05) is 0 Å². The molecule has 0 saturated carbocycles. The molecule has 0 radical (unpaired) electrons. The van der Waals surface area contributed by atoms with Crippen LogP contribution >= 0.6 is 0 Å². The molecule has 0 N–H and O–H groups in total. The molecule has 6 heteroatoms. The fraction of sp³-hybridized carbons (Fsp3) is 0.444. The van der Waals surface area contributed by atoms with Crippen LogP contribution in [0.5, 0.6) is 0 Å². The van der Waals surface area contributed by atoms with E-state index in [9.17, 15) is 9.18 Å². The topological polar surface area (TPSA) is 47.4 Å². The number of benzene rings is 1. The minimum atomic E-state index is -0.313. The molecule has 2 bridgehead atoms. The van der Waals surface area contributed by atoms with Crippen LogP contribution in [0.15, 0.2) is 29.1 Å². The Morgan fingerprint density at radius 3 is 2.67 bits per heavy atom. The molecule has 3 saturated heterocycles. The van der Waals surface area contributed by atoms with E-state index in [0.29, 0.717) is 29.5 Å². The van der Waals surface area contributed by atoms with E-state index in [1.807, 2.05) is 0 Å². The maximum Gasteiger partial charge on any atom is 0.258 e. The number of nitrogens with zero attached hydrogens (tertiary/aromatic N) is 3. The Labute approximate surface area is 139 Å². The predicted molar refractivity (Wildman–Crippen MR) is 89.4 cm³/mol. The van der Waals surface area contributed by atoms with Crippen molar-refractivity contribution in [3.05, 3.63) is 52.0 Å². The summed E-state index contributed by atoms with van der Waals surface area (Å²) >= 11 is 0. The van der Waals surface area contributed by atoms with Gasteiger partial charge in [0.15, 0.2) is 0 Å². The van der Waals surface area contributed by atoms with Crippen molar-refractivity contribution in [2.24, 2.45) is 0 Å². The number of aryl methyl sites for hydroxylation is 2. The number of halogens is 1. The molecule has 2 unspecified atom stereocenters. The van der Waals surface area contributed by atoms with Crippen molar-refractivity contribution in [3.8, 4) is 5.69 Å². The normalized spacial score (nSPS) is 22.9. The molecule has 126 valence electrons. The molecule has 3 fully saturated rings. The van der Waals surface area contributed by atoms with Crippen LogP contribution in [-0.4, -0.2) is 34.8 Å². The van der Waals surface area contributed by atoms with Gasteiger partial charge in [0.25, 0.3) is 5.56 Å². The van der Waals surface area contributed by atoms with Gasteiger partial charge >= 0.3 is 0 Å². The minimum Gasteiger partial charge on any atom is -0.374 e. The molecule has 2 atom stereocenters. The number of ether oxygens (including phenoxy) is 1. The molecule has 5 rings (SSSR count). The number of piperidine rings is 1. The van der Waals surface area contributed by atoms with Gasteiger partial charge in [-0.15, -0.1) is 0 Å². The average molecular weight is 329 g/mol. The molecule has 3 aliphatic heterocycles. The molecule has 3 aliphatic rings. The summed E-state index contributed by atoms with van der Waals surface area (Å²) in [6.45, 7) is 4.91. The highest BCUT2D eigenvalue weighted by Gasteiger charge is 2.35. The maximum atomic E-state index is 14.8. The third-order valence-corrected chi connectivity index (χ3v) is 4.90. The van der Waals surface area contributed by atoms with Crippen molar-refractivity contribution in [1.29, 1.82) is 0 Å². The summed E-state index contributed by atoms with van der Waals surface area (Å²) in [5.74, 6) is 0.240. The van der Waals surface area contributed by atoms with Crippen LogP contribution in [0.2, 0.25) is 0 Å². The fourth-order valence-electron chi connectivity index (χ4n) is 3.77. The lowest BCUT2D eigenvalue weighted by Crippen LogP contribution is -2.54. The summed E-state index contributed by atoms with van der Waals surface area (Å²) < 4.78 is 21.9. The van der Waals surface area contributed by atoms with E-state index in [1.165, 1.54) is 16.7 Å². The van der Waals surface area contributed by atoms with Crippen molar-refractivity contribution in [3.63, 3.8) is 0 Å². The van der Waals surface area contributed by atoms with E-state index >= 15 is 0 Å².